The molecule has 0 amide bonds. The van der Waals surface area contributed by atoms with Crippen LogP contribution in [0.3, 0.4) is 0 Å². The van der Waals surface area contributed by atoms with Gasteiger partial charge in [0.25, 0.3) is 0 Å². The van der Waals surface area contributed by atoms with E-state index in [0.29, 0.717) is 11.7 Å². The second-order valence-corrected chi connectivity index (χ2v) is 8.18. The number of hydrogen-bond donors (Lipinski definition) is 1. The van der Waals surface area contributed by atoms with E-state index in [9.17, 15) is 0 Å². The van der Waals surface area contributed by atoms with Crippen molar-refractivity contribution in [2.45, 2.75) is 90.0 Å². The average Bonchev–Trinajstić information content (AvgIpc) is 3.05. The van der Waals surface area contributed by atoms with Crippen LogP contribution in [-0.2, 0) is 13.0 Å². The summed E-state index contributed by atoms with van der Waals surface area (Å²) in [6, 6.07) is 0. The van der Waals surface area contributed by atoms with Gasteiger partial charge in [0.05, 0.1) is 0 Å². The number of aromatic nitrogens is 3. The first-order valence-electron chi connectivity index (χ1n) is 10.4. The van der Waals surface area contributed by atoms with Crippen molar-refractivity contribution in [1.29, 1.82) is 0 Å². The van der Waals surface area contributed by atoms with Crippen LogP contribution in [0.1, 0.15) is 88.3 Å². The summed E-state index contributed by atoms with van der Waals surface area (Å²) < 4.78 is 2.07. The molecule has 0 aliphatic heterocycles. The number of nitrogens with two attached hydrogens (primary N) is 1. The Bertz CT molecular complexity index is 727. The van der Waals surface area contributed by atoms with Crippen LogP contribution in [0, 0.1) is 5.92 Å². The molecule has 0 bridgehead atoms. The number of aryl methyl sites for hydroxylation is 2. The second kappa shape index (κ2) is 7.35. The molecular formula is C21H32N4. The Morgan fingerprint density at radius 1 is 1.12 bits per heavy atom. The monoisotopic (exact) mass is 340 g/mol. The number of nitrogens with zero attached hydrogens (tertiary/aromatic N) is 3. The molecule has 2 heterocycles. The minimum atomic E-state index is 0.622. The molecule has 2 aromatic rings. The number of nitrogen functional groups attached to an aromatic ring is 1. The first-order chi connectivity index (χ1) is 12.3. The highest BCUT2D eigenvalue weighted by Gasteiger charge is 2.27. The van der Waals surface area contributed by atoms with E-state index in [2.05, 4.69) is 17.8 Å². The van der Waals surface area contributed by atoms with Crippen LogP contribution in [0.15, 0.2) is 6.20 Å². The molecule has 0 radical (unpaired) electrons. The number of hydrogen-bond acceptors (Lipinski definition) is 3. The molecule has 25 heavy (non-hydrogen) atoms. The number of fused-ring (bicyclic) bond motifs is 3. The Morgan fingerprint density at radius 2 is 1.96 bits per heavy atom. The van der Waals surface area contributed by atoms with Crippen LogP contribution >= 0.6 is 0 Å². The molecule has 4 rings (SSSR count). The van der Waals surface area contributed by atoms with Crippen LogP contribution in [0.5, 0.6) is 0 Å². The van der Waals surface area contributed by atoms with Gasteiger partial charge in [-0.25, -0.2) is 4.98 Å². The number of anilines is 1. The van der Waals surface area contributed by atoms with Gasteiger partial charge in [-0.15, -0.1) is 0 Å². The van der Waals surface area contributed by atoms with E-state index in [1.54, 1.807) is 0 Å². The van der Waals surface area contributed by atoms with Crippen molar-refractivity contribution in [2.75, 3.05) is 5.73 Å². The molecule has 1 atom stereocenters. The van der Waals surface area contributed by atoms with Crippen molar-refractivity contribution in [3.05, 3.63) is 17.5 Å². The normalized spacial score (nSPS) is 21.6. The molecule has 2 aliphatic rings. The minimum Gasteiger partial charge on any atom is -0.382 e. The predicted octanol–water partition coefficient (Wildman–Crippen LogP) is 5.20. The summed E-state index contributed by atoms with van der Waals surface area (Å²) in [5.41, 5.74) is 9.90. The Hall–Kier alpha value is -1.58. The highest BCUT2D eigenvalue weighted by atomic mass is 15.3. The molecule has 0 spiro atoms. The number of pyridine rings is 1. The minimum absolute atomic E-state index is 0.622. The highest BCUT2D eigenvalue weighted by molar-refractivity contribution is 5.90. The van der Waals surface area contributed by atoms with Crippen molar-refractivity contribution < 1.29 is 0 Å². The van der Waals surface area contributed by atoms with E-state index in [-0.39, 0.29) is 0 Å². The fraction of sp³-hybridized carbons (Fsp3) is 0.714. The summed E-state index contributed by atoms with van der Waals surface area (Å²) >= 11 is 0. The predicted molar refractivity (Wildman–Crippen MR) is 104 cm³/mol. The maximum absolute atomic E-state index is 6.24. The van der Waals surface area contributed by atoms with E-state index < -0.39 is 0 Å². The molecule has 0 saturated heterocycles. The molecule has 2 N–H and O–H groups in total. The summed E-state index contributed by atoms with van der Waals surface area (Å²) in [4.78, 5) is 4.76. The van der Waals surface area contributed by atoms with Gasteiger partial charge in [-0.1, -0.05) is 39.0 Å². The van der Waals surface area contributed by atoms with Crippen molar-refractivity contribution in [2.24, 2.45) is 5.92 Å². The van der Waals surface area contributed by atoms with Gasteiger partial charge in [-0.05, 0) is 55.9 Å². The third kappa shape index (κ3) is 3.40. The van der Waals surface area contributed by atoms with Gasteiger partial charge < -0.3 is 5.73 Å². The molecule has 1 fully saturated rings. The smallest absolute Gasteiger partial charge is 0.152 e. The van der Waals surface area contributed by atoms with E-state index in [1.165, 1.54) is 74.4 Å². The summed E-state index contributed by atoms with van der Waals surface area (Å²) in [6.07, 6.45) is 16.9. The van der Waals surface area contributed by atoms with Gasteiger partial charge >= 0.3 is 0 Å². The maximum atomic E-state index is 6.24. The Balaban J connectivity index is 1.63. The van der Waals surface area contributed by atoms with E-state index in [0.717, 1.165) is 30.8 Å². The molecule has 4 nitrogen and oxygen atoms in total. The molecule has 2 aromatic heterocycles. The lowest BCUT2D eigenvalue weighted by atomic mass is 9.77. The van der Waals surface area contributed by atoms with Gasteiger partial charge in [0.2, 0.25) is 0 Å². The van der Waals surface area contributed by atoms with Crippen molar-refractivity contribution in [3.63, 3.8) is 0 Å². The molecule has 2 aliphatic carbocycles. The Morgan fingerprint density at radius 3 is 2.76 bits per heavy atom. The van der Waals surface area contributed by atoms with Crippen molar-refractivity contribution in [3.8, 4) is 0 Å². The van der Waals surface area contributed by atoms with E-state index >= 15 is 0 Å². The summed E-state index contributed by atoms with van der Waals surface area (Å²) in [5, 5.41) is 6.01. The van der Waals surface area contributed by atoms with Crippen LogP contribution in [0.2, 0.25) is 0 Å². The standard InChI is InChI=1S/C21H32N4/c1-2-13-25-14-17-19-16(12-11-15-7-4-3-5-8-15)9-6-10-18(19)23-21(22)20(17)24-25/h14-16H,2-13H2,1H3,(H2,22,23). The second-order valence-electron chi connectivity index (χ2n) is 8.18. The Labute approximate surface area is 151 Å². The van der Waals surface area contributed by atoms with Crippen LogP contribution in [0.25, 0.3) is 10.9 Å². The average molecular weight is 341 g/mol. The highest BCUT2D eigenvalue weighted by Crippen LogP contribution is 2.41. The maximum Gasteiger partial charge on any atom is 0.152 e. The van der Waals surface area contributed by atoms with Crippen molar-refractivity contribution in [1.82, 2.24) is 14.8 Å². The zero-order valence-corrected chi connectivity index (χ0v) is 15.6. The first-order valence-corrected chi connectivity index (χ1v) is 10.4. The zero-order valence-electron chi connectivity index (χ0n) is 15.6. The van der Waals surface area contributed by atoms with Crippen LogP contribution in [-0.4, -0.2) is 14.8 Å². The topological polar surface area (TPSA) is 56.7 Å². The lowest BCUT2D eigenvalue weighted by molar-refractivity contribution is 0.318. The largest absolute Gasteiger partial charge is 0.382 e. The molecule has 1 saturated carbocycles. The van der Waals surface area contributed by atoms with Gasteiger partial charge in [-0.2, -0.15) is 5.10 Å². The Kier molecular flexibility index (Phi) is 4.96. The third-order valence-corrected chi connectivity index (χ3v) is 6.34. The quantitative estimate of drug-likeness (QED) is 0.813. The molecule has 4 heteroatoms. The lowest BCUT2D eigenvalue weighted by Gasteiger charge is -2.28. The summed E-state index contributed by atoms with van der Waals surface area (Å²) in [7, 11) is 0. The fourth-order valence-corrected chi connectivity index (χ4v) is 5.07. The SMILES string of the molecule is CCCn1cc2c3c(nc(N)c2n1)CCCC3CCC1CCCCC1. The summed E-state index contributed by atoms with van der Waals surface area (Å²) in [6.45, 7) is 3.14. The van der Waals surface area contributed by atoms with Gasteiger partial charge in [0.15, 0.2) is 5.82 Å². The van der Waals surface area contributed by atoms with E-state index in [1.807, 2.05) is 0 Å². The molecule has 1 unspecified atom stereocenters. The summed E-state index contributed by atoms with van der Waals surface area (Å²) in [5.74, 6) is 2.23. The number of rotatable bonds is 5. The molecule has 0 aromatic carbocycles. The van der Waals surface area contributed by atoms with Crippen LogP contribution in [0.4, 0.5) is 5.82 Å². The van der Waals surface area contributed by atoms with Gasteiger partial charge in [-0.3, -0.25) is 4.68 Å². The fourth-order valence-electron chi connectivity index (χ4n) is 5.07. The zero-order chi connectivity index (χ0) is 17.2. The third-order valence-electron chi connectivity index (χ3n) is 6.34. The lowest BCUT2D eigenvalue weighted by Crippen LogP contribution is -2.15. The molecular weight excluding hydrogens is 308 g/mol. The molecule has 136 valence electrons. The first kappa shape index (κ1) is 16.9. The van der Waals surface area contributed by atoms with Gasteiger partial charge in [0, 0.05) is 23.8 Å². The van der Waals surface area contributed by atoms with Crippen molar-refractivity contribution >= 4 is 16.7 Å². The van der Waals surface area contributed by atoms with E-state index in [4.69, 9.17) is 15.8 Å². The van der Waals surface area contributed by atoms with Crippen LogP contribution < -0.4 is 5.73 Å². The van der Waals surface area contributed by atoms with Gasteiger partial charge in [0.1, 0.15) is 5.52 Å².